The van der Waals surface area contributed by atoms with Crippen molar-refractivity contribution in [2.24, 2.45) is 11.7 Å². The Morgan fingerprint density at radius 2 is 2.18 bits per heavy atom. The predicted octanol–water partition coefficient (Wildman–Crippen LogP) is 2.81. The standard InChI is InChI=1S/C15H24N2/c1-12(9-10-16)11-17-13(2)7-8-14-5-3-4-6-15(14)17/h3-6,12-13H,7-11,16H2,1-2H3. The highest BCUT2D eigenvalue weighted by Crippen LogP contribution is 2.31. The van der Waals surface area contributed by atoms with E-state index in [-0.39, 0.29) is 0 Å². The summed E-state index contributed by atoms with van der Waals surface area (Å²) >= 11 is 0. The van der Waals surface area contributed by atoms with E-state index in [0.29, 0.717) is 12.0 Å². The number of nitrogens with two attached hydrogens (primary N) is 1. The molecule has 2 unspecified atom stereocenters. The Morgan fingerprint density at radius 3 is 2.94 bits per heavy atom. The fraction of sp³-hybridized carbons (Fsp3) is 0.600. The van der Waals surface area contributed by atoms with Crippen LogP contribution in [-0.2, 0) is 6.42 Å². The van der Waals surface area contributed by atoms with Gasteiger partial charge in [-0.2, -0.15) is 0 Å². The van der Waals surface area contributed by atoms with Gasteiger partial charge in [-0.1, -0.05) is 25.1 Å². The Morgan fingerprint density at radius 1 is 1.41 bits per heavy atom. The Labute approximate surface area is 105 Å². The van der Waals surface area contributed by atoms with Crippen LogP contribution in [0.5, 0.6) is 0 Å². The molecule has 2 rings (SSSR count). The highest BCUT2D eigenvalue weighted by Gasteiger charge is 2.23. The summed E-state index contributed by atoms with van der Waals surface area (Å²) in [5.74, 6) is 0.675. The summed E-state index contributed by atoms with van der Waals surface area (Å²) in [6.45, 7) is 6.57. The molecule has 0 saturated carbocycles. The predicted molar refractivity (Wildman–Crippen MR) is 74.4 cm³/mol. The molecule has 0 aliphatic carbocycles. The molecule has 0 aromatic heterocycles. The van der Waals surface area contributed by atoms with Crippen LogP contribution in [-0.4, -0.2) is 19.1 Å². The van der Waals surface area contributed by atoms with Crippen molar-refractivity contribution in [3.05, 3.63) is 29.8 Å². The first-order valence-corrected chi connectivity index (χ1v) is 6.77. The second-order valence-corrected chi connectivity index (χ2v) is 5.35. The molecule has 2 atom stereocenters. The molecule has 2 N–H and O–H groups in total. The molecular formula is C15H24N2. The van der Waals surface area contributed by atoms with Crippen LogP contribution in [0, 0.1) is 5.92 Å². The average Bonchev–Trinajstić information content (AvgIpc) is 2.33. The molecule has 1 aliphatic heterocycles. The zero-order chi connectivity index (χ0) is 12.3. The monoisotopic (exact) mass is 232 g/mol. The van der Waals surface area contributed by atoms with E-state index in [1.807, 2.05) is 0 Å². The van der Waals surface area contributed by atoms with Gasteiger partial charge < -0.3 is 10.6 Å². The lowest BCUT2D eigenvalue weighted by Crippen LogP contribution is -2.40. The van der Waals surface area contributed by atoms with Crippen molar-refractivity contribution < 1.29 is 0 Å². The van der Waals surface area contributed by atoms with Crippen LogP contribution in [0.15, 0.2) is 24.3 Å². The highest BCUT2D eigenvalue weighted by atomic mass is 15.2. The number of para-hydroxylation sites is 1. The van der Waals surface area contributed by atoms with Gasteiger partial charge in [-0.15, -0.1) is 0 Å². The number of anilines is 1. The van der Waals surface area contributed by atoms with Crippen molar-refractivity contribution in [2.45, 2.75) is 39.2 Å². The first-order valence-electron chi connectivity index (χ1n) is 6.77. The molecule has 1 aliphatic rings. The minimum atomic E-state index is 0.658. The van der Waals surface area contributed by atoms with Crippen LogP contribution in [0.1, 0.15) is 32.3 Å². The van der Waals surface area contributed by atoms with E-state index in [0.717, 1.165) is 19.5 Å². The molecular weight excluding hydrogens is 208 g/mol. The molecule has 0 radical (unpaired) electrons. The SMILES string of the molecule is CC(CCN)CN1c2ccccc2CCC1C. The van der Waals surface area contributed by atoms with Gasteiger partial charge in [-0.05, 0) is 50.3 Å². The summed E-state index contributed by atoms with van der Waals surface area (Å²) in [5.41, 5.74) is 8.59. The Kier molecular flexibility index (Phi) is 4.06. The van der Waals surface area contributed by atoms with Gasteiger partial charge in [-0.25, -0.2) is 0 Å². The smallest absolute Gasteiger partial charge is 0.0401 e. The summed E-state index contributed by atoms with van der Waals surface area (Å²) in [5, 5.41) is 0. The first kappa shape index (κ1) is 12.4. The number of rotatable bonds is 4. The van der Waals surface area contributed by atoms with E-state index in [2.05, 4.69) is 43.0 Å². The van der Waals surface area contributed by atoms with Gasteiger partial charge in [-0.3, -0.25) is 0 Å². The van der Waals surface area contributed by atoms with Gasteiger partial charge in [0.25, 0.3) is 0 Å². The van der Waals surface area contributed by atoms with Crippen molar-refractivity contribution >= 4 is 5.69 Å². The number of hydrogen-bond donors (Lipinski definition) is 1. The molecule has 17 heavy (non-hydrogen) atoms. The summed E-state index contributed by atoms with van der Waals surface area (Å²) in [6, 6.07) is 9.49. The number of hydrogen-bond acceptors (Lipinski definition) is 2. The van der Waals surface area contributed by atoms with Crippen LogP contribution in [0.3, 0.4) is 0 Å². The van der Waals surface area contributed by atoms with Crippen LogP contribution in [0.2, 0.25) is 0 Å². The van der Waals surface area contributed by atoms with Crippen molar-refractivity contribution in [1.29, 1.82) is 0 Å². The molecule has 0 spiro atoms. The topological polar surface area (TPSA) is 29.3 Å². The maximum atomic E-state index is 5.65. The second kappa shape index (κ2) is 5.54. The van der Waals surface area contributed by atoms with E-state index >= 15 is 0 Å². The van der Waals surface area contributed by atoms with Gasteiger partial charge in [0.1, 0.15) is 0 Å². The van der Waals surface area contributed by atoms with Crippen LogP contribution in [0.25, 0.3) is 0 Å². The Balaban J connectivity index is 2.15. The third-order valence-electron chi connectivity index (χ3n) is 3.83. The molecule has 1 heterocycles. The van der Waals surface area contributed by atoms with Crippen LogP contribution in [0.4, 0.5) is 5.69 Å². The van der Waals surface area contributed by atoms with E-state index in [1.54, 1.807) is 0 Å². The fourth-order valence-corrected chi connectivity index (χ4v) is 2.75. The van der Waals surface area contributed by atoms with Crippen molar-refractivity contribution in [3.8, 4) is 0 Å². The van der Waals surface area contributed by atoms with E-state index in [9.17, 15) is 0 Å². The van der Waals surface area contributed by atoms with Gasteiger partial charge in [0.2, 0.25) is 0 Å². The normalized spacial score (nSPS) is 21.1. The molecule has 0 amide bonds. The Hall–Kier alpha value is -1.02. The quantitative estimate of drug-likeness (QED) is 0.865. The summed E-state index contributed by atoms with van der Waals surface area (Å²) < 4.78 is 0. The van der Waals surface area contributed by atoms with Crippen LogP contribution < -0.4 is 10.6 Å². The van der Waals surface area contributed by atoms with Gasteiger partial charge >= 0.3 is 0 Å². The number of benzene rings is 1. The molecule has 1 aromatic carbocycles. The molecule has 0 fully saturated rings. The van der Waals surface area contributed by atoms with Crippen molar-refractivity contribution in [1.82, 2.24) is 0 Å². The van der Waals surface area contributed by atoms with E-state index in [1.165, 1.54) is 24.1 Å². The van der Waals surface area contributed by atoms with Crippen LogP contribution >= 0.6 is 0 Å². The molecule has 0 bridgehead atoms. The number of nitrogens with zero attached hydrogens (tertiary/aromatic N) is 1. The first-order chi connectivity index (χ1) is 8.22. The fourth-order valence-electron chi connectivity index (χ4n) is 2.75. The summed E-state index contributed by atoms with van der Waals surface area (Å²) in [7, 11) is 0. The zero-order valence-electron chi connectivity index (χ0n) is 11.0. The lowest BCUT2D eigenvalue weighted by molar-refractivity contribution is 0.472. The van der Waals surface area contributed by atoms with E-state index < -0.39 is 0 Å². The lowest BCUT2D eigenvalue weighted by Gasteiger charge is -2.38. The lowest BCUT2D eigenvalue weighted by atomic mass is 9.95. The summed E-state index contributed by atoms with van der Waals surface area (Å²) in [6.07, 6.45) is 3.61. The number of aryl methyl sites for hydroxylation is 1. The summed E-state index contributed by atoms with van der Waals surface area (Å²) in [4.78, 5) is 2.57. The maximum Gasteiger partial charge on any atom is 0.0401 e. The maximum absolute atomic E-state index is 5.65. The van der Waals surface area contributed by atoms with Crippen molar-refractivity contribution in [2.75, 3.05) is 18.0 Å². The average molecular weight is 232 g/mol. The molecule has 2 nitrogen and oxygen atoms in total. The zero-order valence-corrected chi connectivity index (χ0v) is 11.0. The molecule has 2 heteroatoms. The van der Waals surface area contributed by atoms with Gasteiger partial charge in [0.15, 0.2) is 0 Å². The molecule has 1 aromatic rings. The van der Waals surface area contributed by atoms with Gasteiger partial charge in [0, 0.05) is 18.3 Å². The molecule has 0 saturated heterocycles. The minimum absolute atomic E-state index is 0.658. The van der Waals surface area contributed by atoms with Crippen molar-refractivity contribution in [3.63, 3.8) is 0 Å². The minimum Gasteiger partial charge on any atom is -0.368 e. The second-order valence-electron chi connectivity index (χ2n) is 5.35. The Bertz CT molecular complexity index is 362. The van der Waals surface area contributed by atoms with Gasteiger partial charge in [0.05, 0.1) is 0 Å². The molecule has 94 valence electrons. The largest absolute Gasteiger partial charge is 0.368 e. The van der Waals surface area contributed by atoms with E-state index in [4.69, 9.17) is 5.73 Å². The highest BCUT2D eigenvalue weighted by molar-refractivity contribution is 5.56. The number of fused-ring (bicyclic) bond motifs is 1. The third kappa shape index (κ3) is 2.81. The third-order valence-corrected chi connectivity index (χ3v) is 3.83.